The molecule has 1 aromatic heterocycles. The Morgan fingerprint density at radius 2 is 1.87 bits per heavy atom. The largest absolute Gasteiger partial charge is 0.494 e. The van der Waals surface area contributed by atoms with Crippen molar-refractivity contribution in [3.63, 3.8) is 0 Å². The highest BCUT2D eigenvalue weighted by Crippen LogP contribution is 2.28. The summed E-state index contributed by atoms with van der Waals surface area (Å²) in [5.41, 5.74) is 1.80. The highest BCUT2D eigenvalue weighted by atomic mass is 32.2. The Balaban J connectivity index is 1.52. The van der Waals surface area contributed by atoms with Gasteiger partial charge in [-0.15, -0.1) is 10.2 Å². The van der Waals surface area contributed by atoms with Crippen LogP contribution in [0.4, 0.5) is 5.69 Å². The van der Waals surface area contributed by atoms with E-state index in [1.54, 1.807) is 7.11 Å². The van der Waals surface area contributed by atoms with Crippen LogP contribution in [0.1, 0.15) is 18.3 Å². The molecule has 31 heavy (non-hydrogen) atoms. The van der Waals surface area contributed by atoms with Gasteiger partial charge in [0.2, 0.25) is 5.91 Å². The number of hydrogen-bond acceptors (Lipinski definition) is 7. The summed E-state index contributed by atoms with van der Waals surface area (Å²) >= 11 is 1.31. The number of carbonyl (C=O) groups excluding carboxylic acids is 1. The van der Waals surface area contributed by atoms with Gasteiger partial charge in [-0.25, -0.2) is 0 Å². The van der Waals surface area contributed by atoms with Gasteiger partial charge in [-0.1, -0.05) is 17.8 Å². The lowest BCUT2D eigenvalue weighted by molar-refractivity contribution is -0.113. The standard InChI is InChI=1S/C22H26N4O4S/c1-5-29-17-9-7-16(8-10-17)23-21(27)14-31-22-25-24-20(26(22)3)13-30-18-11-6-15(2)12-19(18)28-4/h6-12H,5,13-14H2,1-4H3,(H,23,27). The number of methoxy groups -OCH3 is 1. The van der Waals surface area contributed by atoms with Crippen LogP contribution in [0.3, 0.4) is 0 Å². The molecule has 164 valence electrons. The number of nitrogens with zero attached hydrogens (tertiary/aromatic N) is 3. The Morgan fingerprint density at radius 1 is 1.10 bits per heavy atom. The van der Waals surface area contributed by atoms with Gasteiger partial charge in [-0.3, -0.25) is 4.79 Å². The van der Waals surface area contributed by atoms with Crippen LogP contribution in [0.15, 0.2) is 47.6 Å². The Labute approximate surface area is 185 Å². The number of anilines is 1. The van der Waals surface area contributed by atoms with E-state index in [1.165, 1.54) is 11.8 Å². The van der Waals surface area contributed by atoms with Crippen LogP contribution in [0.2, 0.25) is 0 Å². The molecule has 2 aromatic carbocycles. The van der Waals surface area contributed by atoms with E-state index in [0.29, 0.717) is 34.8 Å². The summed E-state index contributed by atoms with van der Waals surface area (Å²) in [5, 5.41) is 11.8. The molecule has 0 aliphatic carbocycles. The van der Waals surface area contributed by atoms with E-state index in [9.17, 15) is 4.79 Å². The molecule has 1 heterocycles. The highest BCUT2D eigenvalue weighted by molar-refractivity contribution is 7.99. The Bertz CT molecular complexity index is 1020. The molecule has 0 fully saturated rings. The number of ether oxygens (including phenoxy) is 3. The van der Waals surface area contributed by atoms with E-state index in [0.717, 1.165) is 11.3 Å². The fourth-order valence-corrected chi connectivity index (χ4v) is 3.49. The van der Waals surface area contributed by atoms with Crippen LogP contribution < -0.4 is 19.5 Å². The lowest BCUT2D eigenvalue weighted by atomic mass is 10.2. The van der Waals surface area contributed by atoms with Gasteiger partial charge >= 0.3 is 0 Å². The number of carbonyl (C=O) groups is 1. The minimum atomic E-state index is -0.126. The second kappa shape index (κ2) is 10.7. The molecule has 1 amide bonds. The summed E-state index contributed by atoms with van der Waals surface area (Å²) in [7, 11) is 3.45. The van der Waals surface area contributed by atoms with Crippen molar-refractivity contribution in [3.05, 3.63) is 53.9 Å². The van der Waals surface area contributed by atoms with Gasteiger partial charge < -0.3 is 24.1 Å². The first kappa shape index (κ1) is 22.5. The van der Waals surface area contributed by atoms with Gasteiger partial charge in [0, 0.05) is 12.7 Å². The fourth-order valence-electron chi connectivity index (χ4n) is 2.76. The Kier molecular flexibility index (Phi) is 7.77. The van der Waals surface area contributed by atoms with Gasteiger partial charge in [-0.05, 0) is 55.8 Å². The predicted molar refractivity (Wildman–Crippen MR) is 120 cm³/mol. The Hall–Kier alpha value is -3.20. The van der Waals surface area contributed by atoms with Gasteiger partial charge in [0.1, 0.15) is 12.4 Å². The molecule has 0 spiro atoms. The van der Waals surface area contributed by atoms with Crippen LogP contribution in [0, 0.1) is 6.92 Å². The van der Waals surface area contributed by atoms with Crippen molar-refractivity contribution >= 4 is 23.4 Å². The van der Waals surface area contributed by atoms with Crippen LogP contribution in [0.5, 0.6) is 17.2 Å². The minimum Gasteiger partial charge on any atom is -0.494 e. The zero-order chi connectivity index (χ0) is 22.2. The summed E-state index contributed by atoms with van der Waals surface area (Å²) in [6, 6.07) is 13.0. The number of hydrogen-bond donors (Lipinski definition) is 1. The number of nitrogens with one attached hydrogen (secondary N) is 1. The van der Waals surface area contributed by atoms with Crippen molar-refractivity contribution in [3.8, 4) is 17.2 Å². The van der Waals surface area contributed by atoms with Crippen molar-refractivity contribution in [2.45, 2.75) is 25.6 Å². The lowest BCUT2D eigenvalue weighted by Gasteiger charge is -2.11. The number of aryl methyl sites for hydroxylation is 1. The molecule has 1 N–H and O–H groups in total. The van der Waals surface area contributed by atoms with E-state index in [2.05, 4.69) is 15.5 Å². The zero-order valence-corrected chi connectivity index (χ0v) is 18.9. The monoisotopic (exact) mass is 442 g/mol. The molecular weight excluding hydrogens is 416 g/mol. The van der Waals surface area contributed by atoms with Gasteiger partial charge in [-0.2, -0.15) is 0 Å². The third-order valence-electron chi connectivity index (χ3n) is 4.38. The van der Waals surface area contributed by atoms with E-state index in [-0.39, 0.29) is 18.3 Å². The number of amides is 1. The molecule has 0 radical (unpaired) electrons. The first-order valence-electron chi connectivity index (χ1n) is 9.81. The van der Waals surface area contributed by atoms with Crippen molar-refractivity contribution in [2.75, 3.05) is 24.8 Å². The van der Waals surface area contributed by atoms with E-state index < -0.39 is 0 Å². The molecule has 0 saturated heterocycles. The molecule has 3 aromatic rings. The summed E-state index contributed by atoms with van der Waals surface area (Å²) in [6.07, 6.45) is 0. The van der Waals surface area contributed by atoms with Gasteiger partial charge in [0.15, 0.2) is 22.5 Å². The molecule has 0 aliphatic heterocycles. The van der Waals surface area contributed by atoms with Crippen molar-refractivity contribution in [2.24, 2.45) is 7.05 Å². The molecule has 0 aliphatic rings. The maximum absolute atomic E-state index is 12.3. The molecule has 8 nitrogen and oxygen atoms in total. The summed E-state index contributed by atoms with van der Waals surface area (Å²) < 4.78 is 18.4. The summed E-state index contributed by atoms with van der Waals surface area (Å²) in [5.74, 6) is 2.82. The summed E-state index contributed by atoms with van der Waals surface area (Å²) in [4.78, 5) is 12.3. The van der Waals surface area contributed by atoms with Crippen LogP contribution >= 0.6 is 11.8 Å². The maximum atomic E-state index is 12.3. The molecular formula is C22H26N4O4S. The molecule has 0 atom stereocenters. The second-order valence-electron chi connectivity index (χ2n) is 6.70. The smallest absolute Gasteiger partial charge is 0.234 e. The van der Waals surface area contributed by atoms with Crippen molar-refractivity contribution in [1.82, 2.24) is 14.8 Å². The number of rotatable bonds is 10. The summed E-state index contributed by atoms with van der Waals surface area (Å²) in [6.45, 7) is 4.76. The van der Waals surface area contributed by atoms with E-state index in [4.69, 9.17) is 14.2 Å². The first-order valence-corrected chi connectivity index (χ1v) is 10.8. The maximum Gasteiger partial charge on any atom is 0.234 e. The quantitative estimate of drug-likeness (QED) is 0.477. The van der Waals surface area contributed by atoms with E-state index in [1.807, 2.05) is 67.9 Å². The zero-order valence-electron chi connectivity index (χ0n) is 18.0. The van der Waals surface area contributed by atoms with Crippen LogP contribution in [-0.4, -0.2) is 40.1 Å². The average molecular weight is 443 g/mol. The van der Waals surface area contributed by atoms with Crippen LogP contribution in [-0.2, 0) is 18.4 Å². The average Bonchev–Trinajstić information content (AvgIpc) is 3.12. The second-order valence-corrected chi connectivity index (χ2v) is 7.64. The fraction of sp³-hybridized carbons (Fsp3) is 0.318. The predicted octanol–water partition coefficient (Wildman–Crippen LogP) is 3.84. The Morgan fingerprint density at radius 3 is 2.58 bits per heavy atom. The third-order valence-corrected chi connectivity index (χ3v) is 5.40. The minimum absolute atomic E-state index is 0.126. The SMILES string of the molecule is CCOc1ccc(NC(=O)CSc2nnc(COc3ccc(C)cc3OC)n2C)cc1. The molecule has 3 rings (SSSR count). The topological polar surface area (TPSA) is 87.5 Å². The van der Waals surface area contributed by atoms with Crippen LogP contribution in [0.25, 0.3) is 0 Å². The molecule has 9 heteroatoms. The molecule has 0 saturated carbocycles. The van der Waals surface area contributed by atoms with Gasteiger partial charge in [0.05, 0.1) is 19.5 Å². The normalized spacial score (nSPS) is 10.6. The molecule has 0 bridgehead atoms. The molecule has 0 unspecified atom stereocenters. The van der Waals surface area contributed by atoms with E-state index >= 15 is 0 Å². The van der Waals surface area contributed by atoms with Gasteiger partial charge in [0.25, 0.3) is 0 Å². The number of benzene rings is 2. The lowest BCUT2D eigenvalue weighted by Crippen LogP contribution is -2.14. The van der Waals surface area contributed by atoms with Crippen molar-refractivity contribution < 1.29 is 19.0 Å². The first-order chi connectivity index (χ1) is 15.0. The number of thioether (sulfide) groups is 1. The number of aromatic nitrogens is 3. The van der Waals surface area contributed by atoms with Crippen molar-refractivity contribution in [1.29, 1.82) is 0 Å². The highest BCUT2D eigenvalue weighted by Gasteiger charge is 2.13. The third kappa shape index (κ3) is 6.14.